The summed E-state index contributed by atoms with van der Waals surface area (Å²) in [5.41, 5.74) is 0.876. The predicted octanol–water partition coefficient (Wildman–Crippen LogP) is 2.36. The lowest BCUT2D eigenvalue weighted by molar-refractivity contribution is -0.138. The predicted molar refractivity (Wildman–Crippen MR) is 87.1 cm³/mol. The molecule has 0 fully saturated rings. The lowest BCUT2D eigenvalue weighted by Crippen LogP contribution is -2.14. The minimum Gasteiger partial charge on any atom is -0.455 e. The van der Waals surface area contributed by atoms with Gasteiger partial charge in [-0.05, 0) is 30.7 Å². The Morgan fingerprint density at radius 2 is 2.25 bits per heavy atom. The van der Waals surface area contributed by atoms with Crippen molar-refractivity contribution in [2.75, 3.05) is 0 Å². The Morgan fingerprint density at radius 3 is 3.04 bits per heavy atom. The van der Waals surface area contributed by atoms with Crippen molar-refractivity contribution in [3.63, 3.8) is 0 Å². The highest BCUT2D eigenvalue weighted by Crippen LogP contribution is 2.12. The molecule has 2 aromatic heterocycles. The maximum absolute atomic E-state index is 13.0. The molecule has 0 bridgehead atoms. The van der Waals surface area contributed by atoms with Gasteiger partial charge < -0.3 is 4.74 Å². The molecule has 0 aliphatic rings. The second kappa shape index (κ2) is 6.71. The number of esters is 1. The summed E-state index contributed by atoms with van der Waals surface area (Å²) in [4.78, 5) is 28.1. The van der Waals surface area contributed by atoms with Gasteiger partial charge in [-0.2, -0.15) is 9.61 Å². The van der Waals surface area contributed by atoms with Gasteiger partial charge in [0, 0.05) is 17.8 Å². The molecule has 0 spiro atoms. The highest BCUT2D eigenvalue weighted by molar-refractivity contribution is 7.16. The molecule has 0 aliphatic carbocycles. The first-order valence-electron chi connectivity index (χ1n) is 6.98. The van der Waals surface area contributed by atoms with Gasteiger partial charge in [-0.15, -0.1) is 0 Å². The van der Waals surface area contributed by atoms with Crippen LogP contribution in [0.4, 0.5) is 4.39 Å². The van der Waals surface area contributed by atoms with Crippen LogP contribution >= 0.6 is 11.3 Å². The van der Waals surface area contributed by atoms with Crippen molar-refractivity contribution < 1.29 is 13.9 Å². The topological polar surface area (TPSA) is 73.6 Å². The molecule has 24 heavy (non-hydrogen) atoms. The number of fused-ring (bicyclic) bond motifs is 1. The second-order valence-corrected chi connectivity index (χ2v) is 5.96. The molecule has 0 N–H and O–H groups in total. The summed E-state index contributed by atoms with van der Waals surface area (Å²) in [7, 11) is 0. The molecule has 1 aromatic carbocycles. The number of ether oxygens (including phenoxy) is 1. The van der Waals surface area contributed by atoms with Crippen LogP contribution in [0, 0.1) is 12.7 Å². The number of carbonyl (C=O) groups excluding carboxylic acids is 1. The highest BCUT2D eigenvalue weighted by atomic mass is 32.1. The fraction of sp³-hybridized carbons (Fsp3) is 0.125. The maximum atomic E-state index is 13.0. The molecular weight excluding hydrogens is 333 g/mol. The van der Waals surface area contributed by atoms with Crippen LogP contribution in [0.5, 0.6) is 0 Å². The van der Waals surface area contributed by atoms with E-state index in [2.05, 4.69) is 10.1 Å². The third-order valence-corrected chi connectivity index (χ3v) is 3.90. The van der Waals surface area contributed by atoms with Crippen LogP contribution < -0.4 is 5.56 Å². The van der Waals surface area contributed by atoms with Crippen molar-refractivity contribution in [3.8, 4) is 0 Å². The third-order valence-electron chi connectivity index (χ3n) is 3.01. The Morgan fingerprint density at radius 1 is 1.42 bits per heavy atom. The standard InChI is InChI=1S/C16H12FN3O3S/c1-10-7-14(21)20-16(18-10)24-13(19-20)9-23-15(22)6-5-11-3-2-4-12(17)8-11/h2-8H,9H2,1H3/b6-5+. The molecule has 0 radical (unpaired) electrons. The first kappa shape index (κ1) is 16.0. The summed E-state index contributed by atoms with van der Waals surface area (Å²) in [6.07, 6.45) is 2.66. The van der Waals surface area contributed by atoms with E-state index < -0.39 is 5.97 Å². The van der Waals surface area contributed by atoms with Crippen LogP contribution in [0.2, 0.25) is 0 Å². The monoisotopic (exact) mass is 345 g/mol. The van der Waals surface area contributed by atoms with E-state index >= 15 is 0 Å². The molecule has 0 aliphatic heterocycles. The Balaban J connectivity index is 1.66. The fourth-order valence-corrected chi connectivity index (χ4v) is 2.83. The van der Waals surface area contributed by atoms with Crippen molar-refractivity contribution in [2.24, 2.45) is 0 Å². The van der Waals surface area contributed by atoms with Crippen LogP contribution in [0.1, 0.15) is 16.3 Å². The van der Waals surface area contributed by atoms with Crippen LogP contribution in [0.15, 0.2) is 41.2 Å². The van der Waals surface area contributed by atoms with Crippen LogP contribution in [-0.4, -0.2) is 20.6 Å². The largest absolute Gasteiger partial charge is 0.455 e. The number of aryl methyl sites for hydroxylation is 1. The second-order valence-electron chi connectivity index (χ2n) is 4.92. The summed E-state index contributed by atoms with van der Waals surface area (Å²) in [5, 5.41) is 4.52. The minimum atomic E-state index is -0.588. The van der Waals surface area contributed by atoms with E-state index in [1.807, 2.05) is 0 Å². The molecule has 122 valence electrons. The number of hydrogen-bond acceptors (Lipinski definition) is 6. The van der Waals surface area contributed by atoms with Gasteiger partial charge in [0.2, 0.25) is 4.96 Å². The van der Waals surface area contributed by atoms with Crippen molar-refractivity contribution >= 4 is 28.3 Å². The van der Waals surface area contributed by atoms with Gasteiger partial charge in [0.25, 0.3) is 5.56 Å². The van der Waals surface area contributed by atoms with Gasteiger partial charge in [-0.3, -0.25) is 4.79 Å². The third kappa shape index (κ3) is 3.72. The lowest BCUT2D eigenvalue weighted by atomic mass is 10.2. The zero-order valence-electron chi connectivity index (χ0n) is 12.6. The molecular formula is C16H12FN3O3S. The Labute approximate surface area is 139 Å². The lowest BCUT2D eigenvalue weighted by Gasteiger charge is -1.97. The van der Waals surface area contributed by atoms with Crippen LogP contribution in [0.25, 0.3) is 11.0 Å². The van der Waals surface area contributed by atoms with E-state index in [-0.39, 0.29) is 18.0 Å². The number of hydrogen-bond donors (Lipinski definition) is 0. The van der Waals surface area contributed by atoms with Crippen molar-refractivity contribution in [3.05, 3.63) is 68.8 Å². The fourth-order valence-electron chi connectivity index (χ4n) is 1.97. The molecule has 8 heteroatoms. The average molecular weight is 345 g/mol. The zero-order valence-corrected chi connectivity index (χ0v) is 13.4. The first-order valence-corrected chi connectivity index (χ1v) is 7.80. The van der Waals surface area contributed by atoms with E-state index in [9.17, 15) is 14.0 Å². The molecule has 0 saturated carbocycles. The Bertz CT molecular complexity index is 994. The average Bonchev–Trinajstić information content (AvgIpc) is 2.94. The molecule has 0 atom stereocenters. The number of carbonyl (C=O) groups is 1. The Hall–Kier alpha value is -2.87. The minimum absolute atomic E-state index is 0.0706. The van der Waals surface area contributed by atoms with Crippen molar-refractivity contribution in [2.45, 2.75) is 13.5 Å². The van der Waals surface area contributed by atoms with Gasteiger partial charge in [-0.25, -0.2) is 14.2 Å². The smallest absolute Gasteiger partial charge is 0.331 e. The Kier molecular flexibility index (Phi) is 4.48. The first-order chi connectivity index (χ1) is 11.5. The molecule has 6 nitrogen and oxygen atoms in total. The molecule has 3 rings (SSSR count). The van der Waals surface area contributed by atoms with E-state index in [1.165, 1.54) is 46.2 Å². The number of rotatable bonds is 4. The summed E-state index contributed by atoms with van der Waals surface area (Å²) >= 11 is 1.17. The van der Waals surface area contributed by atoms with Crippen LogP contribution in [-0.2, 0) is 16.1 Å². The molecule has 0 unspecified atom stereocenters. The maximum Gasteiger partial charge on any atom is 0.331 e. The summed E-state index contributed by atoms with van der Waals surface area (Å²) < 4.78 is 19.3. The molecule has 2 heterocycles. The van der Waals surface area contributed by atoms with E-state index in [4.69, 9.17) is 4.74 Å². The van der Waals surface area contributed by atoms with Crippen LogP contribution in [0.3, 0.4) is 0 Å². The highest BCUT2D eigenvalue weighted by Gasteiger charge is 2.09. The van der Waals surface area contributed by atoms with Gasteiger partial charge in [0.15, 0.2) is 5.01 Å². The summed E-state index contributed by atoms with van der Waals surface area (Å²) in [6.45, 7) is 1.65. The van der Waals surface area contributed by atoms with E-state index in [1.54, 1.807) is 19.1 Å². The van der Waals surface area contributed by atoms with Gasteiger partial charge >= 0.3 is 5.97 Å². The summed E-state index contributed by atoms with van der Waals surface area (Å²) in [5.74, 6) is -0.969. The van der Waals surface area contributed by atoms with Crippen molar-refractivity contribution in [1.82, 2.24) is 14.6 Å². The van der Waals surface area contributed by atoms with E-state index in [0.29, 0.717) is 21.2 Å². The van der Waals surface area contributed by atoms with Gasteiger partial charge in [0.05, 0.1) is 0 Å². The quantitative estimate of drug-likeness (QED) is 0.536. The number of benzene rings is 1. The molecule has 0 saturated heterocycles. The normalized spacial score (nSPS) is 11.2. The zero-order chi connectivity index (χ0) is 17.1. The molecule has 3 aromatic rings. The van der Waals surface area contributed by atoms with Crippen molar-refractivity contribution in [1.29, 1.82) is 0 Å². The van der Waals surface area contributed by atoms with E-state index in [0.717, 1.165) is 0 Å². The summed E-state index contributed by atoms with van der Waals surface area (Å²) in [6, 6.07) is 7.22. The van der Waals surface area contributed by atoms with Gasteiger partial charge in [0.1, 0.15) is 12.4 Å². The number of halogens is 1. The molecule has 0 amide bonds. The SMILES string of the molecule is Cc1cc(=O)n2nc(COC(=O)/C=C/c3cccc(F)c3)sc2n1. The van der Waals surface area contributed by atoms with Gasteiger partial charge in [-0.1, -0.05) is 23.5 Å². The number of aromatic nitrogens is 3. The number of nitrogens with zero attached hydrogens (tertiary/aromatic N) is 3.